The number of morpholine rings is 1. The number of ether oxygens (including phenoxy) is 2. The molecule has 0 radical (unpaired) electrons. The van der Waals surface area contributed by atoms with Gasteiger partial charge in [0.2, 0.25) is 5.72 Å². The lowest BCUT2D eigenvalue weighted by Crippen LogP contribution is -2.42. The smallest absolute Gasteiger partial charge is 0.302 e. The minimum absolute atomic E-state index is 0.224. The number of anilines is 2. The zero-order valence-corrected chi connectivity index (χ0v) is 22.5. The number of aliphatic imine (C=N–C) groups is 1. The summed E-state index contributed by atoms with van der Waals surface area (Å²) in [5.41, 5.74) is 9.91. The molecule has 3 fully saturated rings. The molecule has 7 rings (SSSR count). The van der Waals surface area contributed by atoms with Crippen molar-refractivity contribution in [1.29, 1.82) is 0 Å². The highest BCUT2D eigenvalue weighted by Crippen LogP contribution is 2.47. The average Bonchev–Trinajstić information content (AvgIpc) is 3.63. The monoisotopic (exact) mass is 542 g/mol. The summed E-state index contributed by atoms with van der Waals surface area (Å²) in [5.74, 6) is 0.311. The molecule has 200 valence electrons. The molecule has 3 aromatic rings. The van der Waals surface area contributed by atoms with Gasteiger partial charge in [-0.25, -0.2) is 9.98 Å². The van der Waals surface area contributed by atoms with Crippen molar-refractivity contribution in [1.82, 2.24) is 15.8 Å². The molecule has 2 saturated heterocycles. The van der Waals surface area contributed by atoms with Crippen LogP contribution in [0.25, 0.3) is 5.57 Å². The van der Waals surface area contributed by atoms with Crippen LogP contribution in [0.4, 0.5) is 10.7 Å². The van der Waals surface area contributed by atoms with E-state index in [1.807, 2.05) is 67.6 Å². The van der Waals surface area contributed by atoms with Crippen molar-refractivity contribution >= 4 is 39.5 Å². The van der Waals surface area contributed by atoms with E-state index >= 15 is 0 Å². The zero-order chi connectivity index (χ0) is 26.4. The molecule has 9 nitrogen and oxygen atoms in total. The number of hydrogen-bond donors (Lipinski definition) is 3. The van der Waals surface area contributed by atoms with Crippen LogP contribution >= 0.6 is 11.3 Å². The Morgan fingerprint density at radius 3 is 2.64 bits per heavy atom. The predicted octanol–water partition coefficient (Wildman–Crippen LogP) is 3.96. The van der Waals surface area contributed by atoms with Crippen LogP contribution in [0.15, 0.2) is 65.7 Å². The number of para-hydroxylation sites is 1. The van der Waals surface area contributed by atoms with Crippen LogP contribution in [0.1, 0.15) is 47.5 Å². The first-order valence-electron chi connectivity index (χ1n) is 13.4. The van der Waals surface area contributed by atoms with Crippen molar-refractivity contribution in [2.24, 2.45) is 4.99 Å². The number of nitrogens with zero attached hydrogens (tertiary/aromatic N) is 3. The molecule has 4 heterocycles. The Hall–Kier alpha value is -3.73. The van der Waals surface area contributed by atoms with Crippen molar-refractivity contribution in [3.05, 3.63) is 82.5 Å². The Morgan fingerprint density at radius 2 is 1.85 bits per heavy atom. The van der Waals surface area contributed by atoms with Crippen molar-refractivity contribution in [2.45, 2.75) is 37.5 Å². The summed E-state index contributed by atoms with van der Waals surface area (Å²) in [6.07, 6.45) is 4.26. The third-order valence-electron chi connectivity index (χ3n) is 7.42. The van der Waals surface area contributed by atoms with Gasteiger partial charge in [0.1, 0.15) is 10.7 Å². The number of hydrogen-bond acceptors (Lipinski definition) is 8. The molecule has 1 aliphatic carbocycles. The highest BCUT2D eigenvalue weighted by Gasteiger charge is 2.44. The maximum Gasteiger partial charge on any atom is 0.302 e. The second-order valence-corrected chi connectivity index (χ2v) is 11.3. The van der Waals surface area contributed by atoms with Crippen LogP contribution in [0, 0.1) is 0 Å². The van der Waals surface area contributed by atoms with E-state index in [9.17, 15) is 4.79 Å². The molecular formula is C29H30N6O3S. The minimum atomic E-state index is -0.938. The number of thiazole rings is 1. The lowest BCUT2D eigenvalue weighted by Gasteiger charge is -2.30. The van der Waals surface area contributed by atoms with Crippen molar-refractivity contribution in [3.8, 4) is 0 Å². The van der Waals surface area contributed by atoms with E-state index in [0.717, 1.165) is 51.2 Å². The van der Waals surface area contributed by atoms with Gasteiger partial charge in [0, 0.05) is 30.3 Å². The number of carbonyl (C=O) groups is 1. The Kier molecular flexibility index (Phi) is 6.10. The molecule has 1 saturated carbocycles. The van der Waals surface area contributed by atoms with Gasteiger partial charge in [-0.2, -0.15) is 5.43 Å². The zero-order valence-electron chi connectivity index (χ0n) is 21.6. The van der Waals surface area contributed by atoms with Crippen LogP contribution < -0.4 is 21.1 Å². The fraction of sp³-hybridized carbons (Fsp3) is 0.345. The van der Waals surface area contributed by atoms with Crippen LogP contribution in [-0.4, -0.2) is 49.3 Å². The predicted molar refractivity (Wildman–Crippen MR) is 152 cm³/mol. The number of amidine groups is 1. The van der Waals surface area contributed by atoms with Gasteiger partial charge in [-0.05, 0) is 43.0 Å². The second-order valence-electron chi connectivity index (χ2n) is 10.3. The highest BCUT2D eigenvalue weighted by atomic mass is 32.1. The lowest BCUT2D eigenvalue weighted by molar-refractivity contribution is -0.116. The summed E-state index contributed by atoms with van der Waals surface area (Å²) in [6, 6.07) is 17.3. The first-order chi connectivity index (χ1) is 19.1. The number of fused-ring (bicyclic) bond motifs is 1. The molecule has 10 heteroatoms. The van der Waals surface area contributed by atoms with Gasteiger partial charge in [-0.15, -0.1) is 11.3 Å². The Balaban J connectivity index is 1.21. The van der Waals surface area contributed by atoms with E-state index in [2.05, 4.69) is 21.1 Å². The van der Waals surface area contributed by atoms with Gasteiger partial charge in [0.15, 0.2) is 6.04 Å². The summed E-state index contributed by atoms with van der Waals surface area (Å²) >= 11 is 1.75. The molecule has 1 unspecified atom stereocenters. The summed E-state index contributed by atoms with van der Waals surface area (Å²) in [5, 5.41) is 5.30. The number of nitrogens with one attached hydrogen (secondary N) is 3. The van der Waals surface area contributed by atoms with Crippen molar-refractivity contribution in [3.63, 3.8) is 0 Å². The second kappa shape index (κ2) is 9.78. The Bertz CT molecular complexity index is 1460. The topological polar surface area (TPSA) is 100 Å². The van der Waals surface area contributed by atoms with E-state index in [1.165, 1.54) is 12.8 Å². The van der Waals surface area contributed by atoms with E-state index in [0.29, 0.717) is 19.1 Å². The van der Waals surface area contributed by atoms with Gasteiger partial charge in [0.25, 0.3) is 5.91 Å². The Labute approximate surface area is 230 Å². The van der Waals surface area contributed by atoms with Crippen molar-refractivity contribution < 1.29 is 14.3 Å². The molecule has 39 heavy (non-hydrogen) atoms. The quantitative estimate of drug-likeness (QED) is 0.449. The maximum absolute atomic E-state index is 13.3. The van der Waals surface area contributed by atoms with E-state index in [1.54, 1.807) is 11.3 Å². The number of rotatable bonds is 5. The molecule has 1 amide bonds. The number of hydrazine groups is 1. The lowest BCUT2D eigenvalue weighted by atomic mass is 9.96. The first-order valence-corrected chi connectivity index (χ1v) is 14.2. The Morgan fingerprint density at radius 1 is 1.08 bits per heavy atom. The van der Waals surface area contributed by atoms with E-state index in [-0.39, 0.29) is 11.9 Å². The largest absolute Gasteiger partial charge is 0.435 e. The molecule has 3 aliphatic heterocycles. The molecule has 0 bridgehead atoms. The summed E-state index contributed by atoms with van der Waals surface area (Å²) < 4.78 is 12.0. The third kappa shape index (κ3) is 4.69. The number of carbonyl (C=O) groups excluding carboxylic acids is 1. The maximum atomic E-state index is 13.3. The van der Waals surface area contributed by atoms with Crippen LogP contribution in [0.2, 0.25) is 0 Å². The average molecular weight is 543 g/mol. The van der Waals surface area contributed by atoms with E-state index in [4.69, 9.17) is 19.5 Å². The van der Waals surface area contributed by atoms with Gasteiger partial charge in [0.05, 0.1) is 18.2 Å². The summed E-state index contributed by atoms with van der Waals surface area (Å²) in [6.45, 7) is 4.98. The number of benzene rings is 2. The fourth-order valence-electron chi connectivity index (χ4n) is 5.16. The van der Waals surface area contributed by atoms with Crippen LogP contribution in [-0.2, 0) is 20.0 Å². The van der Waals surface area contributed by atoms with E-state index < -0.39 is 11.8 Å². The molecule has 4 aliphatic rings. The first kappa shape index (κ1) is 24.3. The van der Waals surface area contributed by atoms with Crippen molar-refractivity contribution in [2.75, 3.05) is 36.5 Å². The molecular weight excluding hydrogens is 512 g/mol. The molecule has 2 aromatic carbocycles. The number of amides is 1. The molecule has 2 atom stereocenters. The molecule has 3 N–H and O–H groups in total. The highest BCUT2D eigenvalue weighted by molar-refractivity contribution is 7.16. The van der Waals surface area contributed by atoms with Gasteiger partial charge in [-0.3, -0.25) is 10.2 Å². The van der Waals surface area contributed by atoms with Crippen LogP contribution in [0.5, 0.6) is 0 Å². The van der Waals surface area contributed by atoms with Gasteiger partial charge < -0.3 is 19.7 Å². The van der Waals surface area contributed by atoms with Crippen LogP contribution in [0.3, 0.4) is 0 Å². The van der Waals surface area contributed by atoms with Gasteiger partial charge in [-0.1, -0.05) is 48.5 Å². The number of aromatic nitrogens is 1. The molecule has 1 aromatic heterocycles. The summed E-state index contributed by atoms with van der Waals surface area (Å²) in [7, 11) is 0. The fourth-order valence-corrected chi connectivity index (χ4v) is 6.54. The minimum Gasteiger partial charge on any atom is -0.435 e. The third-order valence-corrected chi connectivity index (χ3v) is 8.70. The SMILES string of the molecule is CC1(c2nc(C3CC3)sc2N2CCOCC2)NNC(=N[C@H]2C=C(c3ccccc3)c3ccccc3NC2=O)O1. The van der Waals surface area contributed by atoms with Gasteiger partial charge >= 0.3 is 6.02 Å². The molecule has 0 spiro atoms. The normalized spacial score (nSPS) is 25.8. The summed E-state index contributed by atoms with van der Waals surface area (Å²) in [4.78, 5) is 25.4. The standard InChI is InChI=1S/C29H30N6O3S/c1-29(24-27(35-13-15-37-16-14-35)39-26(32-24)19-11-12-19)34-33-28(38-29)31-23-17-21(18-7-3-2-4-8-18)20-9-5-6-10-22(20)30-25(23)36/h2-10,17,19,23,34H,11-16H2,1H3,(H,30,36)(H,31,33)/t23-,29?/m0/s1.